The fourth-order valence-corrected chi connectivity index (χ4v) is 9.04. The molecule has 1 saturated carbocycles. The van der Waals surface area contributed by atoms with E-state index in [4.69, 9.17) is 9.47 Å². The van der Waals surface area contributed by atoms with Crippen molar-refractivity contribution in [2.45, 2.75) is 109 Å². The van der Waals surface area contributed by atoms with E-state index in [0.717, 1.165) is 38.5 Å². The van der Waals surface area contributed by atoms with Gasteiger partial charge in [-0.15, -0.1) is 0 Å². The number of rotatable bonds is 10. The van der Waals surface area contributed by atoms with E-state index in [2.05, 4.69) is 52.6 Å². The summed E-state index contributed by atoms with van der Waals surface area (Å²) in [5.41, 5.74) is 9.08. The van der Waals surface area contributed by atoms with Gasteiger partial charge in [-0.2, -0.15) is 0 Å². The van der Waals surface area contributed by atoms with Crippen molar-refractivity contribution in [1.82, 2.24) is 5.32 Å². The summed E-state index contributed by atoms with van der Waals surface area (Å²) in [5, 5.41) is 13.5. The Kier molecular flexibility index (Phi) is 9.84. The zero-order valence-electron chi connectivity index (χ0n) is 28.4. The number of aryl methyl sites for hydroxylation is 1. The lowest BCUT2D eigenvalue weighted by molar-refractivity contribution is -0.145. The number of carbonyl (C=O) groups excluding carboxylic acids is 2. The van der Waals surface area contributed by atoms with Crippen molar-refractivity contribution in [3.8, 4) is 5.75 Å². The Morgan fingerprint density at radius 1 is 1.07 bits per heavy atom. The smallest absolute Gasteiger partial charge is 0.333 e. The van der Waals surface area contributed by atoms with Crippen LogP contribution in [0.2, 0.25) is 0 Å². The number of hydrogen-bond acceptors (Lipinski definition) is 5. The summed E-state index contributed by atoms with van der Waals surface area (Å²) in [5.74, 6) is 1.71. The molecule has 45 heavy (non-hydrogen) atoms. The van der Waals surface area contributed by atoms with Crippen LogP contribution in [-0.4, -0.2) is 37.3 Å². The molecule has 2 unspecified atom stereocenters. The van der Waals surface area contributed by atoms with Crippen LogP contribution in [0.1, 0.15) is 112 Å². The third kappa shape index (κ3) is 6.19. The van der Waals surface area contributed by atoms with Gasteiger partial charge >= 0.3 is 5.97 Å². The molecule has 0 aliphatic heterocycles. The second-order valence-corrected chi connectivity index (χ2v) is 14.5. The van der Waals surface area contributed by atoms with Gasteiger partial charge in [0.05, 0.1) is 20.3 Å². The van der Waals surface area contributed by atoms with Gasteiger partial charge in [-0.25, -0.2) is 4.79 Å². The van der Waals surface area contributed by atoms with Crippen LogP contribution in [0.4, 0.5) is 0 Å². The van der Waals surface area contributed by atoms with E-state index in [0.29, 0.717) is 40.6 Å². The SMILES string of the molecule is C=C(C(=O)N[C@H](C(=O)OC)c1ccc(OC)cc1)C(C)CC[C@@H](C)[C@@H]1CCc2c3c(cc(C)c21)[C@@]1(C)CC[C@H](O)[C@@H](C)C1CC3. The number of amides is 1. The molecule has 2 aromatic carbocycles. The molecule has 0 saturated heterocycles. The highest BCUT2D eigenvalue weighted by atomic mass is 16.5. The van der Waals surface area contributed by atoms with Crippen LogP contribution in [0, 0.1) is 30.6 Å². The van der Waals surface area contributed by atoms with Crippen molar-refractivity contribution in [2.24, 2.45) is 23.7 Å². The molecule has 6 nitrogen and oxygen atoms in total. The fraction of sp³-hybridized carbons (Fsp3) is 0.590. The average molecular weight is 616 g/mol. The van der Waals surface area contributed by atoms with Gasteiger partial charge in [-0.05, 0) is 139 Å². The first-order valence-electron chi connectivity index (χ1n) is 17.0. The molecule has 0 spiro atoms. The van der Waals surface area contributed by atoms with Crippen LogP contribution >= 0.6 is 0 Å². The maximum Gasteiger partial charge on any atom is 0.333 e. The van der Waals surface area contributed by atoms with Crippen molar-refractivity contribution in [3.63, 3.8) is 0 Å². The Bertz CT molecular complexity index is 1430. The van der Waals surface area contributed by atoms with E-state index in [1.807, 2.05) is 0 Å². The van der Waals surface area contributed by atoms with Crippen LogP contribution in [0.25, 0.3) is 0 Å². The molecule has 244 valence electrons. The monoisotopic (exact) mass is 615 g/mol. The van der Waals surface area contributed by atoms with E-state index in [9.17, 15) is 14.7 Å². The lowest BCUT2D eigenvalue weighted by Gasteiger charge is -2.51. The van der Waals surface area contributed by atoms with Crippen molar-refractivity contribution < 1.29 is 24.2 Å². The molecule has 8 atom stereocenters. The summed E-state index contributed by atoms with van der Waals surface area (Å²) in [6.45, 7) is 15.6. The van der Waals surface area contributed by atoms with E-state index in [1.54, 1.807) is 53.6 Å². The van der Waals surface area contributed by atoms with Crippen molar-refractivity contribution in [2.75, 3.05) is 14.2 Å². The molecule has 3 aliphatic carbocycles. The minimum Gasteiger partial charge on any atom is -0.497 e. The van der Waals surface area contributed by atoms with Crippen LogP contribution < -0.4 is 10.1 Å². The Hall–Kier alpha value is -3.12. The van der Waals surface area contributed by atoms with Crippen molar-refractivity contribution in [3.05, 3.63) is 75.9 Å². The minimum absolute atomic E-state index is 0.0207. The first kappa shape index (κ1) is 33.2. The Balaban J connectivity index is 1.24. The number of fused-ring (bicyclic) bond motifs is 5. The highest BCUT2D eigenvalue weighted by Gasteiger charge is 2.49. The highest BCUT2D eigenvalue weighted by Crippen LogP contribution is 2.55. The molecule has 0 aromatic heterocycles. The number of methoxy groups -OCH3 is 2. The summed E-state index contributed by atoms with van der Waals surface area (Å²) in [6.07, 6.45) is 8.30. The zero-order chi connectivity index (χ0) is 32.6. The summed E-state index contributed by atoms with van der Waals surface area (Å²) < 4.78 is 10.2. The predicted molar refractivity (Wildman–Crippen MR) is 178 cm³/mol. The van der Waals surface area contributed by atoms with E-state index < -0.39 is 12.0 Å². The van der Waals surface area contributed by atoms with Gasteiger partial charge in [0, 0.05) is 5.57 Å². The third-order valence-electron chi connectivity index (χ3n) is 12.0. The summed E-state index contributed by atoms with van der Waals surface area (Å²) in [6, 6.07) is 8.63. The number of carbonyl (C=O) groups is 2. The topological polar surface area (TPSA) is 84.9 Å². The quantitative estimate of drug-likeness (QED) is 0.217. The lowest BCUT2D eigenvalue weighted by Crippen LogP contribution is -2.48. The van der Waals surface area contributed by atoms with Crippen LogP contribution in [0.15, 0.2) is 42.5 Å². The molecule has 1 fully saturated rings. The number of aliphatic hydroxyl groups is 1. The Morgan fingerprint density at radius 3 is 2.42 bits per heavy atom. The second-order valence-electron chi connectivity index (χ2n) is 14.5. The molecule has 0 radical (unpaired) electrons. The van der Waals surface area contributed by atoms with Gasteiger partial charge < -0.3 is 19.9 Å². The van der Waals surface area contributed by atoms with Crippen LogP contribution in [0.3, 0.4) is 0 Å². The molecular weight excluding hydrogens is 562 g/mol. The lowest BCUT2D eigenvalue weighted by atomic mass is 9.54. The first-order chi connectivity index (χ1) is 21.4. The van der Waals surface area contributed by atoms with Crippen molar-refractivity contribution >= 4 is 11.9 Å². The van der Waals surface area contributed by atoms with Crippen LogP contribution in [-0.2, 0) is 32.6 Å². The number of hydrogen-bond donors (Lipinski definition) is 2. The molecule has 5 rings (SSSR count). The third-order valence-corrected chi connectivity index (χ3v) is 12.0. The number of aliphatic hydroxyl groups excluding tert-OH is 1. The Labute approximate surface area is 270 Å². The fourth-order valence-electron chi connectivity index (χ4n) is 9.04. The largest absolute Gasteiger partial charge is 0.497 e. The molecule has 0 heterocycles. The van der Waals surface area contributed by atoms with Gasteiger partial charge in [-0.1, -0.05) is 52.5 Å². The molecule has 2 aromatic rings. The van der Waals surface area contributed by atoms with Gasteiger partial charge in [0.1, 0.15) is 5.75 Å². The molecule has 1 amide bonds. The van der Waals surface area contributed by atoms with E-state index in [1.165, 1.54) is 25.5 Å². The molecule has 2 N–H and O–H groups in total. The van der Waals surface area contributed by atoms with E-state index >= 15 is 0 Å². The number of esters is 1. The molecule has 0 bridgehead atoms. The molecule has 6 heteroatoms. The summed E-state index contributed by atoms with van der Waals surface area (Å²) in [7, 11) is 2.90. The maximum atomic E-state index is 13.3. The minimum atomic E-state index is -0.917. The van der Waals surface area contributed by atoms with Gasteiger partial charge in [-0.3, -0.25) is 4.79 Å². The average Bonchev–Trinajstić information content (AvgIpc) is 3.50. The molecule has 3 aliphatic rings. The first-order valence-corrected chi connectivity index (χ1v) is 17.0. The van der Waals surface area contributed by atoms with Gasteiger partial charge in [0.2, 0.25) is 5.91 Å². The zero-order valence-corrected chi connectivity index (χ0v) is 28.4. The number of ether oxygens (including phenoxy) is 2. The van der Waals surface area contributed by atoms with Gasteiger partial charge in [0.25, 0.3) is 0 Å². The van der Waals surface area contributed by atoms with Crippen LogP contribution in [0.5, 0.6) is 5.75 Å². The van der Waals surface area contributed by atoms with E-state index in [-0.39, 0.29) is 23.3 Å². The normalized spacial score (nSPS) is 27.3. The highest BCUT2D eigenvalue weighted by molar-refractivity contribution is 5.96. The number of nitrogens with one attached hydrogen (secondary N) is 1. The summed E-state index contributed by atoms with van der Waals surface area (Å²) >= 11 is 0. The molecular formula is C39H53NO5. The maximum absolute atomic E-state index is 13.3. The number of benzene rings is 2. The summed E-state index contributed by atoms with van der Waals surface area (Å²) in [4.78, 5) is 25.8. The van der Waals surface area contributed by atoms with Gasteiger partial charge in [0.15, 0.2) is 6.04 Å². The second kappa shape index (κ2) is 13.3. The predicted octanol–water partition coefficient (Wildman–Crippen LogP) is 7.28. The van der Waals surface area contributed by atoms with Crippen molar-refractivity contribution in [1.29, 1.82) is 0 Å². The Morgan fingerprint density at radius 2 is 1.76 bits per heavy atom. The standard InChI is InChI=1S/C39H53NO5/c1-22(25(4)37(42)40-36(38(43)45-8)27-11-13-28(44-7)14-12-27)9-10-23(2)29-15-16-31-30-17-18-32-26(5)34(41)19-20-39(32,6)33(30)21-24(3)35(29)31/h11-14,21-23,26,29,32,34,36,41H,4,9-10,15-20H2,1-3,5-8H3,(H,40,42)/t22?,23-,26+,29+,32?,34+,36+,39+/m1/s1.